The second kappa shape index (κ2) is 8.30. The van der Waals surface area contributed by atoms with Crippen molar-refractivity contribution in [2.75, 3.05) is 10.6 Å². The van der Waals surface area contributed by atoms with Crippen LogP contribution in [0.4, 0.5) is 11.4 Å². The van der Waals surface area contributed by atoms with Gasteiger partial charge >= 0.3 is 0 Å². The smallest absolute Gasteiger partial charge is 0.255 e. The van der Waals surface area contributed by atoms with Gasteiger partial charge in [0.15, 0.2) is 0 Å². The Kier molecular flexibility index (Phi) is 5.58. The molecule has 4 bridgehead atoms. The van der Waals surface area contributed by atoms with E-state index in [-0.39, 0.29) is 22.6 Å². The lowest BCUT2D eigenvalue weighted by atomic mass is 9.49. The van der Waals surface area contributed by atoms with E-state index in [1.165, 1.54) is 44.1 Å². The molecule has 174 valence electrons. The monoisotopic (exact) mass is 444 g/mol. The van der Waals surface area contributed by atoms with Crippen LogP contribution in [0.2, 0.25) is 0 Å². The van der Waals surface area contributed by atoms with Crippen LogP contribution in [0.15, 0.2) is 48.5 Å². The van der Waals surface area contributed by atoms with Crippen LogP contribution in [-0.4, -0.2) is 11.8 Å². The molecule has 0 aromatic heterocycles. The fraction of sp³-hybridized carbons (Fsp3) is 0.517. The number of amides is 2. The molecule has 4 fully saturated rings. The van der Waals surface area contributed by atoms with Gasteiger partial charge in [-0.2, -0.15) is 0 Å². The highest BCUT2D eigenvalue weighted by molar-refractivity contribution is 6.04. The van der Waals surface area contributed by atoms with Gasteiger partial charge in [0, 0.05) is 23.4 Å². The van der Waals surface area contributed by atoms with Crippen LogP contribution in [0, 0.1) is 23.2 Å². The molecule has 0 aliphatic heterocycles. The van der Waals surface area contributed by atoms with Crippen molar-refractivity contribution < 1.29 is 9.59 Å². The van der Waals surface area contributed by atoms with Crippen molar-refractivity contribution in [2.24, 2.45) is 23.2 Å². The standard InChI is InChI=1S/C29H36N2O2/c1-28(2,3)23-6-4-22(5-7-23)27(33)31-25-10-8-24(9-11-25)30-26(32)18-29-15-19-12-20(16-29)14-21(13-19)17-29/h4-11,19-21H,12-18H2,1-3H3,(H,30,32)(H,31,33). The van der Waals surface area contributed by atoms with Gasteiger partial charge in [0.25, 0.3) is 5.91 Å². The normalized spacial score (nSPS) is 27.9. The minimum atomic E-state index is -0.130. The van der Waals surface area contributed by atoms with Crippen LogP contribution in [0.25, 0.3) is 0 Å². The van der Waals surface area contributed by atoms with Crippen molar-refractivity contribution in [2.45, 2.75) is 71.1 Å². The minimum Gasteiger partial charge on any atom is -0.326 e. The average molecular weight is 445 g/mol. The average Bonchev–Trinajstić information content (AvgIpc) is 2.73. The molecule has 0 unspecified atom stereocenters. The molecular formula is C29H36N2O2. The Hall–Kier alpha value is -2.62. The van der Waals surface area contributed by atoms with Crippen molar-refractivity contribution in [3.8, 4) is 0 Å². The predicted molar refractivity (Wildman–Crippen MR) is 133 cm³/mol. The molecular weight excluding hydrogens is 408 g/mol. The van der Waals surface area contributed by atoms with E-state index >= 15 is 0 Å². The molecule has 2 aromatic carbocycles. The molecule has 0 atom stereocenters. The number of carbonyl (C=O) groups excluding carboxylic acids is 2. The Morgan fingerprint density at radius 3 is 1.76 bits per heavy atom. The summed E-state index contributed by atoms with van der Waals surface area (Å²) < 4.78 is 0. The van der Waals surface area contributed by atoms with Crippen molar-refractivity contribution in [1.29, 1.82) is 0 Å². The molecule has 4 aliphatic rings. The third-order valence-electron chi connectivity index (χ3n) is 8.14. The summed E-state index contributed by atoms with van der Waals surface area (Å²) in [6.45, 7) is 6.47. The van der Waals surface area contributed by atoms with Gasteiger partial charge in [-0.1, -0.05) is 32.9 Å². The SMILES string of the molecule is CC(C)(C)c1ccc(C(=O)Nc2ccc(NC(=O)CC34CC5CC(CC(C5)C3)C4)cc2)cc1. The second-order valence-corrected chi connectivity index (χ2v) is 12.0. The lowest BCUT2D eigenvalue weighted by Crippen LogP contribution is -2.47. The van der Waals surface area contributed by atoms with Crippen molar-refractivity contribution in [3.05, 3.63) is 59.7 Å². The minimum absolute atomic E-state index is 0.0605. The van der Waals surface area contributed by atoms with Gasteiger partial charge in [-0.25, -0.2) is 0 Å². The van der Waals surface area contributed by atoms with Gasteiger partial charge in [0.05, 0.1) is 0 Å². The third kappa shape index (κ3) is 4.85. The Morgan fingerprint density at radius 2 is 1.27 bits per heavy atom. The van der Waals surface area contributed by atoms with Gasteiger partial charge in [-0.15, -0.1) is 0 Å². The van der Waals surface area contributed by atoms with E-state index in [2.05, 4.69) is 31.4 Å². The van der Waals surface area contributed by atoms with E-state index in [9.17, 15) is 9.59 Å². The van der Waals surface area contributed by atoms with Crippen molar-refractivity contribution >= 4 is 23.2 Å². The number of hydrogen-bond donors (Lipinski definition) is 2. The summed E-state index contributed by atoms with van der Waals surface area (Å²) in [5.41, 5.74) is 3.65. The first-order valence-electron chi connectivity index (χ1n) is 12.5. The highest BCUT2D eigenvalue weighted by Crippen LogP contribution is 2.61. The van der Waals surface area contributed by atoms with E-state index in [0.29, 0.717) is 12.0 Å². The summed E-state index contributed by atoms with van der Waals surface area (Å²) in [4.78, 5) is 25.5. The largest absolute Gasteiger partial charge is 0.326 e. The molecule has 4 saturated carbocycles. The van der Waals surface area contributed by atoms with Crippen LogP contribution in [0.3, 0.4) is 0 Å². The van der Waals surface area contributed by atoms with Crippen LogP contribution < -0.4 is 10.6 Å². The van der Waals surface area contributed by atoms with Gasteiger partial charge < -0.3 is 10.6 Å². The predicted octanol–water partition coefficient (Wildman–Crippen LogP) is 6.78. The molecule has 0 radical (unpaired) electrons. The quantitative estimate of drug-likeness (QED) is 0.534. The lowest BCUT2D eigenvalue weighted by Gasteiger charge is -2.56. The van der Waals surface area contributed by atoms with Crippen molar-refractivity contribution in [1.82, 2.24) is 0 Å². The lowest BCUT2D eigenvalue weighted by molar-refractivity contribution is -0.124. The molecule has 0 spiro atoms. The maximum atomic E-state index is 12.9. The first-order valence-corrected chi connectivity index (χ1v) is 12.5. The summed E-state index contributed by atoms with van der Waals surface area (Å²) >= 11 is 0. The van der Waals surface area contributed by atoms with Crippen molar-refractivity contribution in [3.63, 3.8) is 0 Å². The number of anilines is 2. The van der Waals surface area contributed by atoms with Gasteiger partial charge in [-0.05, 0) is 109 Å². The third-order valence-corrected chi connectivity index (χ3v) is 8.14. The highest BCUT2D eigenvalue weighted by Gasteiger charge is 2.51. The van der Waals surface area contributed by atoms with E-state index in [1.807, 2.05) is 48.5 Å². The fourth-order valence-electron chi connectivity index (χ4n) is 7.01. The summed E-state index contributed by atoms with van der Waals surface area (Å²) in [6.07, 6.45) is 8.58. The molecule has 2 aromatic rings. The molecule has 0 saturated heterocycles. The van der Waals surface area contributed by atoms with Gasteiger partial charge in [0.2, 0.25) is 5.91 Å². The van der Waals surface area contributed by atoms with E-state index in [1.54, 1.807) is 0 Å². The first kappa shape index (κ1) is 22.2. The zero-order valence-electron chi connectivity index (χ0n) is 20.1. The van der Waals surface area contributed by atoms with Crippen LogP contribution in [0.5, 0.6) is 0 Å². The van der Waals surface area contributed by atoms with Gasteiger partial charge in [-0.3, -0.25) is 9.59 Å². The van der Waals surface area contributed by atoms with Gasteiger partial charge in [0.1, 0.15) is 0 Å². The maximum absolute atomic E-state index is 12.9. The molecule has 4 heteroatoms. The molecule has 4 aliphatic carbocycles. The van der Waals surface area contributed by atoms with E-state index < -0.39 is 0 Å². The van der Waals surface area contributed by atoms with Crippen LogP contribution in [0.1, 0.15) is 81.6 Å². The molecule has 33 heavy (non-hydrogen) atoms. The molecule has 2 N–H and O–H groups in total. The number of benzene rings is 2. The Morgan fingerprint density at radius 1 is 0.788 bits per heavy atom. The Balaban J connectivity index is 1.16. The zero-order chi connectivity index (χ0) is 23.2. The first-order chi connectivity index (χ1) is 15.7. The second-order valence-electron chi connectivity index (χ2n) is 12.0. The highest BCUT2D eigenvalue weighted by atomic mass is 16.2. The molecule has 6 rings (SSSR count). The zero-order valence-corrected chi connectivity index (χ0v) is 20.1. The molecule has 2 amide bonds. The van der Waals surface area contributed by atoms with E-state index in [4.69, 9.17) is 0 Å². The molecule has 0 heterocycles. The van der Waals surface area contributed by atoms with E-state index in [0.717, 1.165) is 29.1 Å². The molecule has 4 nitrogen and oxygen atoms in total. The van der Waals surface area contributed by atoms with Crippen LogP contribution >= 0.6 is 0 Å². The number of carbonyl (C=O) groups is 2. The summed E-state index contributed by atoms with van der Waals surface area (Å²) in [6, 6.07) is 15.2. The summed E-state index contributed by atoms with van der Waals surface area (Å²) in [7, 11) is 0. The summed E-state index contributed by atoms with van der Waals surface area (Å²) in [5, 5.41) is 6.05. The number of rotatable bonds is 5. The topological polar surface area (TPSA) is 58.2 Å². The fourth-order valence-corrected chi connectivity index (χ4v) is 7.01. The van der Waals surface area contributed by atoms with Crippen LogP contribution in [-0.2, 0) is 10.2 Å². The Labute approximate surface area is 197 Å². The maximum Gasteiger partial charge on any atom is 0.255 e. The summed E-state index contributed by atoms with van der Waals surface area (Å²) in [5.74, 6) is 2.58. The Bertz CT molecular complexity index is 996. The number of nitrogens with one attached hydrogen (secondary N) is 2. The number of hydrogen-bond acceptors (Lipinski definition) is 2.